The highest BCUT2D eigenvalue weighted by Gasteiger charge is 2.35. The Hall–Kier alpha value is -0.180. The summed E-state index contributed by atoms with van der Waals surface area (Å²) in [6.45, 7) is 1.59. The van der Waals surface area contributed by atoms with Crippen LogP contribution in [-0.2, 0) is 14.8 Å². The fourth-order valence-electron chi connectivity index (χ4n) is 2.46. The summed E-state index contributed by atoms with van der Waals surface area (Å²) < 4.78 is 33.4. The standard InChI is InChI=1S/C13H18BrClN2O3S/c1-20-9-13(5-2-6-16-13)8-17-21(18,19)12-7-10(14)3-4-11(12)15/h3-4,7,16-17H,2,5-6,8-9H2,1H3. The van der Waals surface area contributed by atoms with E-state index >= 15 is 0 Å². The van der Waals surface area contributed by atoms with Gasteiger partial charge in [-0.1, -0.05) is 27.5 Å². The number of hydrogen-bond acceptors (Lipinski definition) is 4. The summed E-state index contributed by atoms with van der Waals surface area (Å²) in [5.74, 6) is 0. The van der Waals surface area contributed by atoms with Gasteiger partial charge in [-0.05, 0) is 37.6 Å². The molecule has 0 radical (unpaired) electrons. The first-order valence-electron chi connectivity index (χ1n) is 6.57. The van der Waals surface area contributed by atoms with Crippen LogP contribution in [0.4, 0.5) is 0 Å². The van der Waals surface area contributed by atoms with Crippen molar-refractivity contribution in [2.24, 2.45) is 0 Å². The minimum absolute atomic E-state index is 0.0732. The first kappa shape index (κ1) is 17.2. The van der Waals surface area contributed by atoms with Gasteiger partial charge >= 0.3 is 0 Å². The molecule has 0 aromatic heterocycles. The first-order chi connectivity index (χ1) is 9.88. The van der Waals surface area contributed by atoms with E-state index in [0.29, 0.717) is 11.1 Å². The van der Waals surface area contributed by atoms with Gasteiger partial charge in [0.1, 0.15) is 4.90 Å². The number of hydrogen-bond donors (Lipinski definition) is 2. The molecule has 2 rings (SSSR count). The van der Waals surface area contributed by atoms with Crippen LogP contribution >= 0.6 is 27.5 Å². The van der Waals surface area contributed by atoms with Crippen LogP contribution in [0, 0.1) is 0 Å². The van der Waals surface area contributed by atoms with E-state index in [4.69, 9.17) is 16.3 Å². The summed E-state index contributed by atoms with van der Waals surface area (Å²) in [5, 5.41) is 3.53. The van der Waals surface area contributed by atoms with Crippen molar-refractivity contribution in [2.45, 2.75) is 23.3 Å². The molecule has 1 aliphatic heterocycles. The zero-order chi connectivity index (χ0) is 15.5. The zero-order valence-corrected chi connectivity index (χ0v) is 14.8. The van der Waals surface area contributed by atoms with Crippen molar-refractivity contribution in [3.05, 3.63) is 27.7 Å². The monoisotopic (exact) mass is 396 g/mol. The molecule has 1 aromatic carbocycles. The van der Waals surface area contributed by atoms with Crippen LogP contribution in [0.25, 0.3) is 0 Å². The lowest BCUT2D eigenvalue weighted by Gasteiger charge is -2.28. The van der Waals surface area contributed by atoms with Crippen LogP contribution in [0.1, 0.15) is 12.8 Å². The van der Waals surface area contributed by atoms with E-state index in [2.05, 4.69) is 26.0 Å². The average Bonchev–Trinajstić information content (AvgIpc) is 2.89. The lowest BCUT2D eigenvalue weighted by molar-refractivity contribution is 0.122. The van der Waals surface area contributed by atoms with Gasteiger partial charge in [0, 0.05) is 18.1 Å². The number of sulfonamides is 1. The molecule has 1 saturated heterocycles. The molecule has 0 bridgehead atoms. The van der Waals surface area contributed by atoms with Crippen molar-refractivity contribution >= 4 is 37.6 Å². The number of ether oxygens (including phenoxy) is 1. The van der Waals surface area contributed by atoms with Crippen molar-refractivity contribution in [2.75, 3.05) is 26.8 Å². The molecule has 0 aliphatic carbocycles. The summed E-state index contributed by atoms with van der Waals surface area (Å²) in [5.41, 5.74) is -0.347. The molecule has 1 atom stereocenters. The van der Waals surface area contributed by atoms with Crippen LogP contribution < -0.4 is 10.0 Å². The van der Waals surface area contributed by atoms with Crippen molar-refractivity contribution in [1.82, 2.24) is 10.0 Å². The fraction of sp³-hybridized carbons (Fsp3) is 0.538. The van der Waals surface area contributed by atoms with Gasteiger partial charge in [0.25, 0.3) is 0 Å². The Morgan fingerprint density at radius 1 is 1.52 bits per heavy atom. The van der Waals surface area contributed by atoms with E-state index in [1.54, 1.807) is 19.2 Å². The number of benzene rings is 1. The summed E-state index contributed by atoms with van der Waals surface area (Å²) in [7, 11) is -2.05. The average molecular weight is 398 g/mol. The van der Waals surface area contributed by atoms with Gasteiger partial charge in [-0.3, -0.25) is 0 Å². The van der Waals surface area contributed by atoms with E-state index in [0.717, 1.165) is 19.4 Å². The van der Waals surface area contributed by atoms with Gasteiger partial charge in [0.2, 0.25) is 10.0 Å². The van der Waals surface area contributed by atoms with Crippen molar-refractivity contribution in [3.63, 3.8) is 0 Å². The molecule has 1 unspecified atom stereocenters. The Labute approximate surface area is 138 Å². The van der Waals surface area contributed by atoms with Gasteiger partial charge < -0.3 is 10.1 Å². The predicted octanol–water partition coefficient (Wildman–Crippen LogP) is 2.15. The summed E-state index contributed by atoms with van der Waals surface area (Å²) in [6, 6.07) is 4.75. The lowest BCUT2D eigenvalue weighted by atomic mass is 9.99. The third-order valence-electron chi connectivity index (χ3n) is 3.54. The van der Waals surface area contributed by atoms with Gasteiger partial charge in [-0.2, -0.15) is 0 Å². The van der Waals surface area contributed by atoms with E-state index < -0.39 is 10.0 Å². The maximum atomic E-state index is 12.4. The SMILES string of the molecule is COCC1(CNS(=O)(=O)c2cc(Br)ccc2Cl)CCCN1. The summed E-state index contributed by atoms with van der Waals surface area (Å²) in [6.07, 6.45) is 1.87. The fourth-order valence-corrected chi connectivity index (χ4v) is 4.63. The molecule has 0 amide bonds. The highest BCUT2D eigenvalue weighted by Crippen LogP contribution is 2.26. The lowest BCUT2D eigenvalue weighted by Crippen LogP contribution is -2.52. The minimum atomic E-state index is -3.66. The second-order valence-electron chi connectivity index (χ2n) is 5.14. The molecular weight excluding hydrogens is 380 g/mol. The van der Waals surface area contributed by atoms with Crippen LogP contribution in [-0.4, -0.2) is 40.8 Å². The molecule has 5 nitrogen and oxygen atoms in total. The third kappa shape index (κ3) is 4.18. The van der Waals surface area contributed by atoms with Gasteiger partial charge in [-0.25, -0.2) is 13.1 Å². The molecule has 21 heavy (non-hydrogen) atoms. The number of methoxy groups -OCH3 is 1. The number of nitrogens with one attached hydrogen (secondary N) is 2. The molecule has 118 valence electrons. The van der Waals surface area contributed by atoms with Gasteiger partial charge in [0.05, 0.1) is 17.2 Å². The highest BCUT2D eigenvalue weighted by atomic mass is 79.9. The quantitative estimate of drug-likeness (QED) is 0.772. The summed E-state index contributed by atoms with van der Waals surface area (Å²) in [4.78, 5) is 0.0732. The van der Waals surface area contributed by atoms with Crippen LogP contribution in [0.2, 0.25) is 5.02 Å². The van der Waals surface area contributed by atoms with E-state index in [1.807, 2.05) is 0 Å². The molecule has 1 fully saturated rings. The van der Waals surface area contributed by atoms with Crippen molar-refractivity contribution < 1.29 is 13.2 Å². The smallest absolute Gasteiger partial charge is 0.242 e. The molecule has 0 saturated carbocycles. The topological polar surface area (TPSA) is 67.4 Å². The van der Waals surface area contributed by atoms with Crippen molar-refractivity contribution in [3.8, 4) is 0 Å². The van der Waals surface area contributed by atoms with Crippen LogP contribution in [0.15, 0.2) is 27.6 Å². The molecule has 1 heterocycles. The van der Waals surface area contributed by atoms with E-state index in [9.17, 15) is 8.42 Å². The predicted molar refractivity (Wildman–Crippen MR) is 86.2 cm³/mol. The number of halogens is 2. The molecule has 1 aliphatic rings. The second kappa shape index (κ2) is 6.93. The Morgan fingerprint density at radius 2 is 2.29 bits per heavy atom. The zero-order valence-electron chi connectivity index (χ0n) is 11.7. The second-order valence-corrected chi connectivity index (χ2v) is 8.20. The normalized spacial score (nSPS) is 22.6. The molecular formula is C13H18BrClN2O3S. The maximum Gasteiger partial charge on any atom is 0.242 e. The molecule has 2 N–H and O–H groups in total. The Bertz CT molecular complexity index is 603. The Kier molecular flexibility index (Phi) is 5.67. The minimum Gasteiger partial charge on any atom is -0.383 e. The highest BCUT2D eigenvalue weighted by molar-refractivity contribution is 9.10. The third-order valence-corrected chi connectivity index (χ3v) is 5.91. The van der Waals surface area contributed by atoms with Gasteiger partial charge in [0.15, 0.2) is 0 Å². The van der Waals surface area contributed by atoms with Crippen molar-refractivity contribution in [1.29, 1.82) is 0 Å². The van der Waals surface area contributed by atoms with Crippen LogP contribution in [0.5, 0.6) is 0 Å². The molecule has 8 heteroatoms. The van der Waals surface area contributed by atoms with E-state index in [-0.39, 0.29) is 22.0 Å². The number of rotatable bonds is 6. The maximum absolute atomic E-state index is 12.4. The Balaban J connectivity index is 2.15. The van der Waals surface area contributed by atoms with E-state index in [1.165, 1.54) is 6.07 Å². The molecule has 1 aromatic rings. The van der Waals surface area contributed by atoms with Crippen LogP contribution in [0.3, 0.4) is 0 Å². The largest absolute Gasteiger partial charge is 0.383 e. The summed E-state index contributed by atoms with van der Waals surface area (Å²) >= 11 is 9.25. The first-order valence-corrected chi connectivity index (χ1v) is 9.23. The Morgan fingerprint density at radius 3 is 2.90 bits per heavy atom. The van der Waals surface area contributed by atoms with Gasteiger partial charge in [-0.15, -0.1) is 0 Å². The molecule has 0 spiro atoms.